The van der Waals surface area contributed by atoms with Crippen LogP contribution in [0, 0.1) is 19.7 Å². The van der Waals surface area contributed by atoms with E-state index in [1.165, 1.54) is 12.1 Å². The Morgan fingerprint density at radius 1 is 1.11 bits per heavy atom. The van der Waals surface area contributed by atoms with E-state index in [0.29, 0.717) is 12.1 Å². The highest BCUT2D eigenvalue weighted by Crippen LogP contribution is 2.34. The molecule has 1 aromatic heterocycles. The lowest BCUT2D eigenvalue weighted by molar-refractivity contribution is 0.0460. The molecule has 1 aliphatic rings. The van der Waals surface area contributed by atoms with Gasteiger partial charge in [-0.15, -0.1) is 0 Å². The van der Waals surface area contributed by atoms with Gasteiger partial charge in [-0.05, 0) is 61.7 Å². The summed E-state index contributed by atoms with van der Waals surface area (Å²) in [5.41, 5.74) is 4.90. The molecule has 5 heteroatoms. The lowest BCUT2D eigenvalue weighted by Crippen LogP contribution is -2.45. The van der Waals surface area contributed by atoms with Crippen LogP contribution in [0.1, 0.15) is 45.3 Å². The van der Waals surface area contributed by atoms with Gasteiger partial charge in [0, 0.05) is 17.8 Å². The largest absolute Gasteiger partial charge is 0.331 e. The Bertz CT molecular complexity index is 960. The number of amides is 1. The van der Waals surface area contributed by atoms with Crippen molar-refractivity contribution in [1.82, 2.24) is 14.7 Å². The minimum atomic E-state index is -0.255. The maximum atomic E-state index is 13.1. The molecule has 0 saturated carbocycles. The van der Waals surface area contributed by atoms with Crippen molar-refractivity contribution in [2.45, 2.75) is 32.9 Å². The molecule has 138 valence electrons. The number of aryl methyl sites for hydroxylation is 2. The number of hydrogen-bond donors (Lipinski definition) is 0. The smallest absolute Gasteiger partial charge is 0.254 e. The Labute approximate surface area is 158 Å². The average molecular weight is 363 g/mol. The summed E-state index contributed by atoms with van der Waals surface area (Å²) >= 11 is 0. The van der Waals surface area contributed by atoms with E-state index >= 15 is 0 Å². The second kappa shape index (κ2) is 6.99. The first-order chi connectivity index (χ1) is 13.0. The minimum Gasteiger partial charge on any atom is -0.331 e. The zero-order chi connectivity index (χ0) is 19.0. The van der Waals surface area contributed by atoms with Crippen LogP contribution < -0.4 is 0 Å². The van der Waals surface area contributed by atoms with Gasteiger partial charge in [0.25, 0.3) is 5.91 Å². The normalized spacial score (nSPS) is 16.3. The molecule has 0 bridgehead atoms. The van der Waals surface area contributed by atoms with Gasteiger partial charge in [0.05, 0.1) is 18.3 Å². The van der Waals surface area contributed by atoms with Crippen LogP contribution in [0.15, 0.2) is 54.6 Å². The second-order valence-corrected chi connectivity index (χ2v) is 7.14. The molecule has 27 heavy (non-hydrogen) atoms. The van der Waals surface area contributed by atoms with Gasteiger partial charge < -0.3 is 4.90 Å². The van der Waals surface area contributed by atoms with Crippen molar-refractivity contribution in [3.05, 3.63) is 88.5 Å². The maximum absolute atomic E-state index is 13.1. The van der Waals surface area contributed by atoms with Crippen LogP contribution in [-0.2, 0) is 6.54 Å². The molecule has 0 aliphatic carbocycles. The molecular formula is C22H22FN3O. The fourth-order valence-electron chi connectivity index (χ4n) is 3.59. The molecule has 2 aromatic carbocycles. The van der Waals surface area contributed by atoms with E-state index < -0.39 is 0 Å². The summed E-state index contributed by atoms with van der Waals surface area (Å²) in [6.45, 7) is 5.44. The number of nitrogens with zero attached hydrogens (tertiary/aromatic N) is 3. The molecule has 4 rings (SSSR count). The second-order valence-electron chi connectivity index (χ2n) is 7.14. The quantitative estimate of drug-likeness (QED) is 0.694. The lowest BCUT2D eigenvalue weighted by atomic mass is 9.93. The maximum Gasteiger partial charge on any atom is 0.254 e. The monoisotopic (exact) mass is 363 g/mol. The molecule has 1 fully saturated rings. The van der Waals surface area contributed by atoms with Crippen molar-refractivity contribution in [2.75, 3.05) is 6.54 Å². The number of carbonyl (C=O) groups excluding carboxylic acids is 1. The zero-order valence-corrected chi connectivity index (χ0v) is 15.5. The summed E-state index contributed by atoms with van der Waals surface area (Å²) in [6.07, 6.45) is 0.910. The number of carbonyl (C=O) groups is 1. The van der Waals surface area contributed by atoms with Crippen LogP contribution in [0.3, 0.4) is 0 Å². The van der Waals surface area contributed by atoms with Crippen LogP contribution in [0.4, 0.5) is 4.39 Å². The third-order valence-corrected chi connectivity index (χ3v) is 5.17. The number of rotatable bonds is 4. The van der Waals surface area contributed by atoms with Crippen molar-refractivity contribution in [1.29, 1.82) is 0 Å². The molecule has 1 saturated heterocycles. The Morgan fingerprint density at radius 3 is 2.37 bits per heavy atom. The van der Waals surface area contributed by atoms with Crippen LogP contribution in [-0.4, -0.2) is 27.1 Å². The van der Waals surface area contributed by atoms with Crippen LogP contribution in [0.5, 0.6) is 0 Å². The highest BCUT2D eigenvalue weighted by Gasteiger charge is 2.33. The standard InChI is InChI=1S/C22H22FN3O/c1-15-13-16(2)26(24-15)14-17-3-5-19(6-4-17)22(27)25-12-11-21(25)18-7-9-20(23)10-8-18/h3-10,13,21H,11-12,14H2,1-2H3/t21-/m1/s1. The minimum absolute atomic E-state index is 0.0215. The molecule has 3 aromatic rings. The number of benzene rings is 2. The summed E-state index contributed by atoms with van der Waals surface area (Å²) in [5, 5.41) is 4.48. The van der Waals surface area contributed by atoms with E-state index in [1.54, 1.807) is 12.1 Å². The molecule has 1 atom stereocenters. The van der Waals surface area contributed by atoms with Crippen molar-refractivity contribution < 1.29 is 9.18 Å². The first kappa shape index (κ1) is 17.5. The van der Waals surface area contributed by atoms with Gasteiger partial charge in [-0.2, -0.15) is 5.10 Å². The van der Waals surface area contributed by atoms with Gasteiger partial charge in [0.2, 0.25) is 0 Å². The van der Waals surface area contributed by atoms with E-state index in [-0.39, 0.29) is 17.8 Å². The first-order valence-corrected chi connectivity index (χ1v) is 9.18. The Balaban J connectivity index is 1.46. The molecule has 0 N–H and O–H groups in total. The first-order valence-electron chi connectivity index (χ1n) is 9.18. The van der Waals surface area contributed by atoms with Crippen LogP contribution >= 0.6 is 0 Å². The van der Waals surface area contributed by atoms with Gasteiger partial charge in [-0.1, -0.05) is 24.3 Å². The van der Waals surface area contributed by atoms with Crippen molar-refractivity contribution in [3.8, 4) is 0 Å². The fraction of sp³-hybridized carbons (Fsp3) is 0.273. The SMILES string of the molecule is Cc1cc(C)n(Cc2ccc(C(=O)N3CC[C@@H]3c3ccc(F)cc3)cc2)n1. The lowest BCUT2D eigenvalue weighted by Gasteiger charge is -2.41. The fourth-order valence-corrected chi connectivity index (χ4v) is 3.59. The molecular weight excluding hydrogens is 341 g/mol. The van der Waals surface area contributed by atoms with E-state index in [2.05, 4.69) is 11.2 Å². The summed E-state index contributed by atoms with van der Waals surface area (Å²) in [6, 6.07) is 16.2. The zero-order valence-electron chi connectivity index (χ0n) is 15.5. The van der Waals surface area contributed by atoms with Gasteiger partial charge >= 0.3 is 0 Å². The number of halogens is 1. The van der Waals surface area contributed by atoms with Crippen molar-refractivity contribution >= 4 is 5.91 Å². The van der Waals surface area contributed by atoms with Crippen LogP contribution in [0.25, 0.3) is 0 Å². The van der Waals surface area contributed by atoms with Gasteiger partial charge in [0.1, 0.15) is 5.82 Å². The molecule has 4 nitrogen and oxygen atoms in total. The third-order valence-electron chi connectivity index (χ3n) is 5.17. The number of hydrogen-bond acceptors (Lipinski definition) is 2. The summed E-state index contributed by atoms with van der Waals surface area (Å²) in [4.78, 5) is 14.7. The molecule has 2 heterocycles. The summed E-state index contributed by atoms with van der Waals surface area (Å²) in [5.74, 6) is -0.234. The molecule has 0 radical (unpaired) electrons. The predicted octanol–water partition coefficient (Wildman–Crippen LogP) is 4.27. The predicted molar refractivity (Wildman–Crippen MR) is 102 cm³/mol. The number of aromatic nitrogens is 2. The van der Waals surface area contributed by atoms with Crippen molar-refractivity contribution in [2.24, 2.45) is 0 Å². The summed E-state index contributed by atoms with van der Waals surface area (Å²) < 4.78 is 15.1. The van der Waals surface area contributed by atoms with E-state index in [4.69, 9.17) is 0 Å². The van der Waals surface area contributed by atoms with E-state index in [0.717, 1.165) is 35.5 Å². The molecule has 0 spiro atoms. The molecule has 1 amide bonds. The number of likely N-dealkylation sites (tertiary alicyclic amines) is 1. The van der Waals surface area contributed by atoms with E-state index in [9.17, 15) is 9.18 Å². The van der Waals surface area contributed by atoms with Crippen LogP contribution in [0.2, 0.25) is 0 Å². The van der Waals surface area contributed by atoms with Gasteiger partial charge in [-0.3, -0.25) is 9.48 Å². The average Bonchev–Trinajstić information content (AvgIpc) is 2.93. The molecule has 1 aliphatic heterocycles. The Kier molecular flexibility index (Phi) is 4.52. The molecule has 0 unspecified atom stereocenters. The topological polar surface area (TPSA) is 38.1 Å². The van der Waals surface area contributed by atoms with Gasteiger partial charge in [0.15, 0.2) is 0 Å². The summed E-state index contributed by atoms with van der Waals surface area (Å²) in [7, 11) is 0. The van der Waals surface area contributed by atoms with Crippen molar-refractivity contribution in [3.63, 3.8) is 0 Å². The highest BCUT2D eigenvalue weighted by molar-refractivity contribution is 5.95. The Morgan fingerprint density at radius 2 is 1.81 bits per heavy atom. The Hall–Kier alpha value is -2.95. The third kappa shape index (κ3) is 3.50. The highest BCUT2D eigenvalue weighted by atomic mass is 19.1. The van der Waals surface area contributed by atoms with E-state index in [1.807, 2.05) is 47.7 Å². The van der Waals surface area contributed by atoms with Gasteiger partial charge in [-0.25, -0.2) is 4.39 Å².